The summed E-state index contributed by atoms with van der Waals surface area (Å²) in [5, 5.41) is 3.05. The van der Waals surface area contributed by atoms with Crippen LogP contribution in [0, 0.1) is 6.92 Å². The van der Waals surface area contributed by atoms with Gasteiger partial charge in [-0.05, 0) is 85.0 Å². The van der Waals surface area contributed by atoms with Crippen molar-refractivity contribution < 1.29 is 27.4 Å². The van der Waals surface area contributed by atoms with Crippen LogP contribution in [0.1, 0.15) is 59.8 Å². The maximum atomic E-state index is 13.2. The standard InChI is InChI=1S/C29H36N2O6S/c1-18(2)24-17-25(19(3)15-27(24)36-7)20(4)30-29(32)21-9-11-22(12-10-21)31(5)38(33,34)23-13-14-26(35-6)28(16-23)37-8/h9-18,20H,1-8H3,(H,30,32)/t20-/m1/s1. The zero-order chi connectivity index (χ0) is 28.2. The Kier molecular flexibility index (Phi) is 8.93. The molecule has 1 atom stereocenters. The molecule has 0 spiro atoms. The molecule has 1 amide bonds. The maximum absolute atomic E-state index is 13.2. The summed E-state index contributed by atoms with van der Waals surface area (Å²) in [6.45, 7) is 8.14. The average molecular weight is 541 g/mol. The Balaban J connectivity index is 1.79. The molecule has 3 rings (SSSR count). The number of methoxy groups -OCH3 is 3. The molecule has 204 valence electrons. The summed E-state index contributed by atoms with van der Waals surface area (Å²) in [7, 11) is 2.18. The number of hydrogen-bond acceptors (Lipinski definition) is 6. The van der Waals surface area contributed by atoms with Gasteiger partial charge < -0.3 is 19.5 Å². The quantitative estimate of drug-likeness (QED) is 0.367. The highest BCUT2D eigenvalue weighted by atomic mass is 32.2. The summed E-state index contributed by atoms with van der Waals surface area (Å²) in [6.07, 6.45) is 0. The van der Waals surface area contributed by atoms with Crippen LogP contribution in [0.5, 0.6) is 17.2 Å². The fraction of sp³-hybridized carbons (Fsp3) is 0.345. The molecule has 0 fully saturated rings. The molecule has 0 aromatic heterocycles. The Hall–Kier alpha value is -3.72. The van der Waals surface area contributed by atoms with E-state index in [0.717, 1.165) is 26.7 Å². The molecular weight excluding hydrogens is 504 g/mol. The van der Waals surface area contributed by atoms with E-state index in [4.69, 9.17) is 14.2 Å². The topological polar surface area (TPSA) is 94.2 Å². The second kappa shape index (κ2) is 11.8. The summed E-state index contributed by atoms with van der Waals surface area (Å²) in [5.41, 5.74) is 3.96. The van der Waals surface area contributed by atoms with Crippen LogP contribution in [0.4, 0.5) is 5.69 Å². The molecule has 9 heteroatoms. The van der Waals surface area contributed by atoms with E-state index in [9.17, 15) is 13.2 Å². The van der Waals surface area contributed by atoms with Crippen LogP contribution in [-0.2, 0) is 10.0 Å². The van der Waals surface area contributed by atoms with Crippen LogP contribution >= 0.6 is 0 Å². The number of nitrogens with zero attached hydrogens (tertiary/aromatic N) is 1. The van der Waals surface area contributed by atoms with Gasteiger partial charge in [0.25, 0.3) is 15.9 Å². The zero-order valence-corrected chi connectivity index (χ0v) is 24.0. The van der Waals surface area contributed by atoms with Crippen LogP contribution in [-0.4, -0.2) is 42.7 Å². The number of ether oxygens (including phenoxy) is 3. The second-order valence-corrected chi connectivity index (χ2v) is 11.3. The van der Waals surface area contributed by atoms with Gasteiger partial charge in [0.2, 0.25) is 0 Å². The number of sulfonamides is 1. The highest BCUT2D eigenvalue weighted by Gasteiger charge is 2.24. The maximum Gasteiger partial charge on any atom is 0.264 e. The summed E-state index contributed by atoms with van der Waals surface area (Å²) in [6, 6.07) is 14.7. The molecule has 0 radical (unpaired) electrons. The van der Waals surface area contributed by atoms with E-state index in [-0.39, 0.29) is 22.8 Å². The molecule has 0 aliphatic carbocycles. The molecule has 0 saturated heterocycles. The van der Waals surface area contributed by atoms with Crippen LogP contribution < -0.4 is 23.8 Å². The SMILES string of the molecule is COc1ccc(S(=O)(=O)N(C)c2ccc(C(=O)N[C@H](C)c3cc(C(C)C)c(OC)cc3C)cc2)cc1OC. The number of nitrogens with one attached hydrogen (secondary N) is 1. The fourth-order valence-electron chi connectivity index (χ4n) is 4.26. The minimum Gasteiger partial charge on any atom is -0.496 e. The van der Waals surface area contributed by atoms with Crippen molar-refractivity contribution in [2.75, 3.05) is 32.7 Å². The highest BCUT2D eigenvalue weighted by molar-refractivity contribution is 7.92. The van der Waals surface area contributed by atoms with Gasteiger partial charge in [0.05, 0.1) is 38.0 Å². The minimum absolute atomic E-state index is 0.0592. The van der Waals surface area contributed by atoms with Crippen molar-refractivity contribution in [3.8, 4) is 17.2 Å². The van der Waals surface area contributed by atoms with Gasteiger partial charge >= 0.3 is 0 Å². The number of amides is 1. The van der Waals surface area contributed by atoms with E-state index < -0.39 is 10.0 Å². The van der Waals surface area contributed by atoms with Gasteiger partial charge in [-0.25, -0.2) is 8.42 Å². The van der Waals surface area contributed by atoms with Gasteiger partial charge in [-0.3, -0.25) is 9.10 Å². The van der Waals surface area contributed by atoms with E-state index in [2.05, 4.69) is 25.2 Å². The van der Waals surface area contributed by atoms with Gasteiger partial charge in [-0.2, -0.15) is 0 Å². The molecule has 0 unspecified atom stereocenters. The van der Waals surface area contributed by atoms with Gasteiger partial charge in [-0.1, -0.05) is 13.8 Å². The number of carbonyl (C=O) groups excluding carboxylic acids is 1. The molecule has 0 aliphatic heterocycles. The van der Waals surface area contributed by atoms with E-state index in [1.807, 2.05) is 19.9 Å². The Bertz CT molecular complexity index is 1400. The zero-order valence-electron chi connectivity index (χ0n) is 23.2. The molecule has 3 aromatic carbocycles. The summed E-state index contributed by atoms with van der Waals surface area (Å²) in [5.74, 6) is 1.60. The normalized spacial score (nSPS) is 12.1. The highest BCUT2D eigenvalue weighted by Crippen LogP contribution is 2.33. The molecule has 0 aliphatic rings. The van der Waals surface area contributed by atoms with Gasteiger partial charge in [0.15, 0.2) is 11.5 Å². The molecule has 1 N–H and O–H groups in total. The molecule has 0 heterocycles. The lowest BCUT2D eigenvalue weighted by Crippen LogP contribution is -2.28. The molecular formula is C29H36N2O6S. The van der Waals surface area contributed by atoms with E-state index >= 15 is 0 Å². The first-order chi connectivity index (χ1) is 17.9. The van der Waals surface area contributed by atoms with Gasteiger partial charge in [0, 0.05) is 18.7 Å². The Morgan fingerprint density at radius 3 is 1.97 bits per heavy atom. The Labute approximate surface area is 225 Å². The summed E-state index contributed by atoms with van der Waals surface area (Å²) < 4.78 is 43.6. The number of aryl methyl sites for hydroxylation is 1. The molecule has 3 aromatic rings. The van der Waals surface area contributed by atoms with Crippen molar-refractivity contribution in [3.05, 3.63) is 76.9 Å². The number of anilines is 1. The third-order valence-corrected chi connectivity index (χ3v) is 8.34. The van der Waals surface area contributed by atoms with Crippen molar-refractivity contribution in [1.82, 2.24) is 5.32 Å². The first-order valence-electron chi connectivity index (χ1n) is 12.2. The molecule has 0 saturated carbocycles. The second-order valence-electron chi connectivity index (χ2n) is 9.34. The van der Waals surface area contributed by atoms with Crippen LogP contribution in [0.3, 0.4) is 0 Å². The van der Waals surface area contributed by atoms with Crippen LogP contribution in [0.2, 0.25) is 0 Å². The molecule has 38 heavy (non-hydrogen) atoms. The number of rotatable bonds is 10. The summed E-state index contributed by atoms with van der Waals surface area (Å²) in [4.78, 5) is 13.1. The van der Waals surface area contributed by atoms with Crippen LogP contribution in [0.25, 0.3) is 0 Å². The predicted molar refractivity (Wildman–Crippen MR) is 149 cm³/mol. The van der Waals surface area contributed by atoms with E-state index in [1.54, 1.807) is 37.4 Å². The lowest BCUT2D eigenvalue weighted by atomic mass is 9.93. The monoisotopic (exact) mass is 540 g/mol. The average Bonchev–Trinajstić information content (AvgIpc) is 2.91. The van der Waals surface area contributed by atoms with Crippen molar-refractivity contribution >= 4 is 21.6 Å². The molecule has 8 nitrogen and oxygen atoms in total. The van der Waals surface area contributed by atoms with E-state index in [1.165, 1.54) is 33.4 Å². The first kappa shape index (κ1) is 28.8. The largest absolute Gasteiger partial charge is 0.496 e. The first-order valence-corrected chi connectivity index (χ1v) is 13.7. The Morgan fingerprint density at radius 2 is 1.42 bits per heavy atom. The number of hydrogen-bond donors (Lipinski definition) is 1. The third kappa shape index (κ3) is 5.88. The minimum atomic E-state index is -3.87. The van der Waals surface area contributed by atoms with Crippen molar-refractivity contribution in [3.63, 3.8) is 0 Å². The third-order valence-electron chi connectivity index (χ3n) is 6.56. The van der Waals surface area contributed by atoms with Gasteiger partial charge in [0.1, 0.15) is 5.75 Å². The summed E-state index contributed by atoms with van der Waals surface area (Å²) >= 11 is 0. The lowest BCUT2D eigenvalue weighted by molar-refractivity contribution is 0.0940. The smallest absolute Gasteiger partial charge is 0.264 e. The predicted octanol–water partition coefficient (Wildman–Crippen LogP) is 5.46. The van der Waals surface area contributed by atoms with Crippen LogP contribution in [0.15, 0.2) is 59.5 Å². The van der Waals surface area contributed by atoms with Gasteiger partial charge in [-0.15, -0.1) is 0 Å². The van der Waals surface area contributed by atoms with E-state index in [0.29, 0.717) is 22.7 Å². The lowest BCUT2D eigenvalue weighted by Gasteiger charge is -2.22. The Morgan fingerprint density at radius 1 is 0.816 bits per heavy atom. The number of benzene rings is 3. The fourth-order valence-corrected chi connectivity index (χ4v) is 5.48. The van der Waals surface area contributed by atoms with Crippen molar-refractivity contribution in [2.24, 2.45) is 0 Å². The van der Waals surface area contributed by atoms with Crippen molar-refractivity contribution in [2.45, 2.75) is 44.6 Å². The molecule has 0 bridgehead atoms. The number of carbonyl (C=O) groups is 1. The van der Waals surface area contributed by atoms with Crippen molar-refractivity contribution in [1.29, 1.82) is 0 Å².